The van der Waals surface area contributed by atoms with Crippen molar-refractivity contribution in [2.45, 2.75) is 44.8 Å². The van der Waals surface area contributed by atoms with E-state index < -0.39 is 23.2 Å². The van der Waals surface area contributed by atoms with Crippen LogP contribution in [0, 0.1) is 0 Å². The summed E-state index contributed by atoms with van der Waals surface area (Å²) in [7, 11) is 0. The lowest BCUT2D eigenvalue weighted by Crippen LogP contribution is -2.33. The summed E-state index contributed by atoms with van der Waals surface area (Å²) in [5.41, 5.74) is -0.0984. The Balaban J connectivity index is 1.45. The Bertz CT molecular complexity index is 1480. The van der Waals surface area contributed by atoms with Crippen molar-refractivity contribution in [3.8, 4) is 0 Å². The first-order chi connectivity index (χ1) is 20.1. The van der Waals surface area contributed by atoms with Crippen LogP contribution in [0.5, 0.6) is 0 Å². The third-order valence-corrected chi connectivity index (χ3v) is 7.82. The molecule has 0 saturated heterocycles. The minimum absolute atomic E-state index is 0.0775. The van der Waals surface area contributed by atoms with E-state index in [1.807, 2.05) is 25.1 Å². The van der Waals surface area contributed by atoms with Crippen molar-refractivity contribution in [3.05, 3.63) is 106 Å². The van der Waals surface area contributed by atoms with Gasteiger partial charge in [0.25, 0.3) is 17.7 Å². The van der Waals surface area contributed by atoms with E-state index in [9.17, 15) is 27.6 Å². The molecule has 2 N–H and O–H groups in total. The molecule has 11 heteroatoms. The fourth-order valence-corrected chi connectivity index (χ4v) is 5.35. The lowest BCUT2D eigenvalue weighted by Gasteiger charge is -2.22. The average molecular weight is 597 g/mol. The van der Waals surface area contributed by atoms with E-state index in [0.29, 0.717) is 36.4 Å². The van der Waals surface area contributed by atoms with Crippen LogP contribution in [0.2, 0.25) is 0 Å². The highest BCUT2D eigenvalue weighted by Gasteiger charge is 2.35. The lowest BCUT2D eigenvalue weighted by molar-refractivity contribution is -0.138. The van der Waals surface area contributed by atoms with Gasteiger partial charge in [-0.25, -0.2) is 0 Å². The smallest absolute Gasteiger partial charge is 0.349 e. The number of amides is 3. The molecule has 1 aromatic carbocycles. The fourth-order valence-electron chi connectivity index (χ4n) is 4.24. The molecule has 1 aliphatic carbocycles. The molecule has 3 aromatic rings. The zero-order chi connectivity index (χ0) is 30.3. The van der Waals surface area contributed by atoms with Gasteiger partial charge in [0.1, 0.15) is 0 Å². The Morgan fingerprint density at radius 1 is 1.14 bits per heavy atom. The van der Waals surface area contributed by atoms with Gasteiger partial charge in [0.2, 0.25) is 0 Å². The summed E-state index contributed by atoms with van der Waals surface area (Å²) in [6, 6.07) is 8.86. The quantitative estimate of drug-likeness (QED) is 0.240. The van der Waals surface area contributed by atoms with Crippen LogP contribution in [0.15, 0.2) is 73.6 Å². The SMILES string of the molecule is C=CCc1sc(C(=O)NC2CC2)cc1CCN(C/C=C\C)C(=O)c1ccc(NC(=O)c2cnccc2C(F)(F)F)cc1. The van der Waals surface area contributed by atoms with Gasteiger partial charge in [-0.1, -0.05) is 18.2 Å². The molecule has 0 spiro atoms. The van der Waals surface area contributed by atoms with Crippen LogP contribution in [0.4, 0.5) is 18.9 Å². The number of alkyl halides is 3. The molecule has 1 fully saturated rings. The van der Waals surface area contributed by atoms with Crippen LogP contribution >= 0.6 is 11.3 Å². The summed E-state index contributed by atoms with van der Waals surface area (Å²) in [5, 5.41) is 5.45. The van der Waals surface area contributed by atoms with Gasteiger partial charge in [-0.2, -0.15) is 13.2 Å². The van der Waals surface area contributed by atoms with Crippen molar-refractivity contribution in [3.63, 3.8) is 0 Å². The third kappa shape index (κ3) is 7.94. The van der Waals surface area contributed by atoms with Crippen molar-refractivity contribution < 1.29 is 27.6 Å². The summed E-state index contributed by atoms with van der Waals surface area (Å²) in [4.78, 5) is 45.6. The van der Waals surface area contributed by atoms with Crippen molar-refractivity contribution in [2.24, 2.45) is 0 Å². The predicted molar refractivity (Wildman–Crippen MR) is 157 cm³/mol. The zero-order valence-corrected chi connectivity index (χ0v) is 23.9. The second-order valence-corrected chi connectivity index (χ2v) is 11.0. The zero-order valence-electron chi connectivity index (χ0n) is 23.0. The molecule has 0 atom stereocenters. The normalized spacial score (nSPS) is 13.1. The van der Waals surface area contributed by atoms with E-state index in [4.69, 9.17) is 0 Å². The minimum atomic E-state index is -4.71. The Morgan fingerprint density at radius 2 is 1.88 bits per heavy atom. The molecule has 7 nitrogen and oxygen atoms in total. The van der Waals surface area contributed by atoms with Gasteiger partial charge in [-0.05, 0) is 74.6 Å². The number of hydrogen-bond donors (Lipinski definition) is 2. The largest absolute Gasteiger partial charge is 0.417 e. The van der Waals surface area contributed by atoms with E-state index in [1.54, 1.807) is 11.0 Å². The van der Waals surface area contributed by atoms with Crippen LogP contribution in [0.3, 0.4) is 0 Å². The maximum atomic E-state index is 13.4. The molecule has 3 amide bonds. The molecule has 4 rings (SSSR count). The number of carbonyl (C=O) groups is 3. The number of anilines is 1. The maximum absolute atomic E-state index is 13.4. The number of pyridine rings is 1. The van der Waals surface area contributed by atoms with Gasteiger partial charge in [0, 0.05) is 47.7 Å². The number of carbonyl (C=O) groups excluding carboxylic acids is 3. The molecule has 1 aliphatic rings. The van der Waals surface area contributed by atoms with Crippen LogP contribution in [0.1, 0.15) is 66.2 Å². The van der Waals surface area contributed by atoms with E-state index in [-0.39, 0.29) is 23.5 Å². The highest BCUT2D eigenvalue weighted by molar-refractivity contribution is 7.14. The second kappa shape index (κ2) is 13.6. The van der Waals surface area contributed by atoms with E-state index in [1.165, 1.54) is 35.6 Å². The van der Waals surface area contributed by atoms with Crippen LogP contribution < -0.4 is 10.6 Å². The summed E-state index contributed by atoms with van der Waals surface area (Å²) in [5.74, 6) is -1.28. The molecule has 2 aromatic heterocycles. The first-order valence-corrected chi connectivity index (χ1v) is 14.3. The van der Waals surface area contributed by atoms with Gasteiger partial charge in [-0.15, -0.1) is 17.9 Å². The Morgan fingerprint density at radius 3 is 2.52 bits per heavy atom. The highest BCUT2D eigenvalue weighted by atomic mass is 32.1. The number of hydrogen-bond acceptors (Lipinski definition) is 5. The topological polar surface area (TPSA) is 91.4 Å². The monoisotopic (exact) mass is 596 g/mol. The predicted octanol–water partition coefficient (Wildman–Crippen LogP) is 6.30. The molecule has 0 unspecified atom stereocenters. The molecule has 1 saturated carbocycles. The van der Waals surface area contributed by atoms with Crippen molar-refractivity contribution in [1.82, 2.24) is 15.2 Å². The number of nitrogens with zero attached hydrogens (tertiary/aromatic N) is 2. The highest BCUT2D eigenvalue weighted by Crippen LogP contribution is 2.32. The van der Waals surface area contributed by atoms with E-state index >= 15 is 0 Å². The van der Waals surface area contributed by atoms with E-state index in [0.717, 1.165) is 41.7 Å². The van der Waals surface area contributed by atoms with Gasteiger partial charge in [0.05, 0.1) is 16.0 Å². The first-order valence-electron chi connectivity index (χ1n) is 13.5. The number of nitrogens with one attached hydrogen (secondary N) is 2. The number of benzene rings is 1. The summed E-state index contributed by atoms with van der Waals surface area (Å²) < 4.78 is 39.9. The standard InChI is InChI=1S/C31H31F3N4O3S/c1-3-5-16-38(17-14-21-18-27(42-26(21)6-4-2)29(40)37-23-11-12-23)30(41)20-7-9-22(10-8-20)36-28(39)24-19-35-15-13-25(24)31(32,33)34/h3-5,7-10,13,15,18-19,23H,2,6,11-12,14,16-17H2,1H3,(H,36,39)(H,37,40)/b5-3-. The van der Waals surface area contributed by atoms with Gasteiger partial charge < -0.3 is 15.5 Å². The molecule has 2 heterocycles. The molecule has 220 valence electrons. The number of thiophene rings is 1. The van der Waals surface area contributed by atoms with Crippen LogP contribution in [-0.4, -0.2) is 46.7 Å². The molecule has 0 radical (unpaired) electrons. The van der Waals surface area contributed by atoms with E-state index in [2.05, 4.69) is 22.2 Å². The molecule has 0 bridgehead atoms. The number of aromatic nitrogens is 1. The molecular weight excluding hydrogens is 565 g/mol. The van der Waals surface area contributed by atoms with Crippen molar-refractivity contribution >= 4 is 34.7 Å². The van der Waals surface area contributed by atoms with Crippen LogP contribution in [0.25, 0.3) is 0 Å². The minimum Gasteiger partial charge on any atom is -0.349 e. The third-order valence-electron chi connectivity index (χ3n) is 6.62. The van der Waals surface area contributed by atoms with Crippen LogP contribution in [-0.2, 0) is 19.0 Å². The van der Waals surface area contributed by atoms with Gasteiger partial charge >= 0.3 is 6.18 Å². The Hall–Kier alpha value is -4.25. The average Bonchev–Trinajstić information content (AvgIpc) is 3.70. The number of halogens is 3. The fraction of sp³-hybridized carbons (Fsp3) is 0.290. The van der Waals surface area contributed by atoms with Crippen molar-refractivity contribution in [1.29, 1.82) is 0 Å². The first kappa shape index (κ1) is 30.7. The van der Waals surface area contributed by atoms with Gasteiger partial charge in [0.15, 0.2) is 0 Å². The molecule has 0 aliphatic heterocycles. The van der Waals surface area contributed by atoms with Crippen molar-refractivity contribution in [2.75, 3.05) is 18.4 Å². The summed E-state index contributed by atoms with van der Waals surface area (Å²) in [6.45, 7) is 6.45. The number of rotatable bonds is 12. The second-order valence-electron chi connectivity index (χ2n) is 9.82. The van der Waals surface area contributed by atoms with Gasteiger partial charge in [-0.3, -0.25) is 19.4 Å². The summed E-state index contributed by atoms with van der Waals surface area (Å²) in [6.07, 6.45) is 5.81. The Kier molecular flexibility index (Phi) is 9.95. The lowest BCUT2D eigenvalue weighted by atomic mass is 10.1. The summed E-state index contributed by atoms with van der Waals surface area (Å²) >= 11 is 1.44. The Labute approximate surface area is 246 Å². The molecule has 42 heavy (non-hydrogen) atoms. The maximum Gasteiger partial charge on any atom is 0.417 e. The molecular formula is C31H31F3N4O3S. The number of allylic oxidation sites excluding steroid dienone is 2.